The summed E-state index contributed by atoms with van der Waals surface area (Å²) in [6.45, 7) is -5.55. The van der Waals surface area contributed by atoms with Crippen molar-refractivity contribution in [2.45, 2.75) is 184 Å². The van der Waals surface area contributed by atoms with E-state index in [1.165, 1.54) is 0 Å². The van der Waals surface area contributed by atoms with Crippen LogP contribution >= 0.6 is 0 Å². The fourth-order valence-electron chi connectivity index (χ4n) is 8.42. The molecule has 0 saturated carbocycles. The van der Waals surface area contributed by atoms with E-state index in [2.05, 4.69) is 0 Å². The Morgan fingerprint density at radius 2 is 0.522 bits per heavy atom. The normalized spacial score (nSPS) is 53.4. The highest BCUT2D eigenvalue weighted by Crippen LogP contribution is 2.36. The van der Waals surface area contributed by atoms with Gasteiger partial charge in [0.05, 0.1) is 39.6 Å². The third-order valence-corrected chi connectivity index (χ3v) is 12.4. The summed E-state index contributed by atoms with van der Waals surface area (Å²) >= 11 is 0. The first-order valence-electron chi connectivity index (χ1n) is 21.1. The summed E-state index contributed by atoms with van der Waals surface area (Å²) in [6.07, 6.45) is -57.2. The Bertz CT molecular complexity index is 1500. The Balaban J connectivity index is 1.16. The maximum absolute atomic E-state index is 11.4. The van der Waals surface area contributed by atoms with E-state index in [0.717, 1.165) is 0 Å². The molecule has 0 bridgehead atoms. The molecule has 0 amide bonds. The molecule has 0 spiro atoms. The number of hydrogen-bond acceptors (Lipinski definition) is 31. The molecule has 6 aliphatic heterocycles. The lowest BCUT2D eigenvalue weighted by Crippen LogP contribution is -2.68. The smallest absolute Gasteiger partial charge is 0.187 e. The predicted octanol–water partition coefficient (Wildman–Crippen LogP) is -14.1. The van der Waals surface area contributed by atoms with E-state index < -0.39 is 224 Å². The molecule has 30 atom stereocenters. The summed E-state index contributed by atoms with van der Waals surface area (Å²) < 4.78 is 60.9. The van der Waals surface area contributed by atoms with E-state index in [1.54, 1.807) is 0 Å². The van der Waals surface area contributed by atoms with Crippen molar-refractivity contribution in [1.29, 1.82) is 0 Å². The van der Waals surface area contributed by atoms with Gasteiger partial charge in [0.2, 0.25) is 0 Å². The summed E-state index contributed by atoms with van der Waals surface area (Å²) in [7, 11) is 0. The van der Waals surface area contributed by atoms with E-state index in [4.69, 9.17) is 52.1 Å². The van der Waals surface area contributed by atoms with Crippen LogP contribution < -0.4 is 0 Å². The Labute approximate surface area is 378 Å². The number of ether oxygens (including phenoxy) is 11. The Morgan fingerprint density at radius 1 is 0.254 bits per heavy atom. The van der Waals surface area contributed by atoms with Crippen LogP contribution in [0.3, 0.4) is 0 Å². The van der Waals surface area contributed by atoms with Crippen LogP contribution in [-0.2, 0) is 52.1 Å². The van der Waals surface area contributed by atoms with Gasteiger partial charge in [-0.25, -0.2) is 0 Å². The van der Waals surface area contributed by atoms with Crippen LogP contribution in [0.4, 0.5) is 0 Å². The molecule has 6 fully saturated rings. The molecular formula is C36H62O31. The molecule has 1 unspecified atom stereocenters. The van der Waals surface area contributed by atoms with Gasteiger partial charge in [0.25, 0.3) is 0 Å². The van der Waals surface area contributed by atoms with Gasteiger partial charge in [-0.2, -0.15) is 0 Å². The first kappa shape index (κ1) is 55.1. The zero-order valence-corrected chi connectivity index (χ0v) is 35.0. The second-order valence-corrected chi connectivity index (χ2v) is 16.8. The zero-order valence-electron chi connectivity index (χ0n) is 35.0. The molecule has 0 aromatic heterocycles. The molecule has 0 radical (unpaired) electrons. The fourth-order valence-corrected chi connectivity index (χ4v) is 8.42. The minimum atomic E-state index is -2.23. The van der Waals surface area contributed by atoms with Gasteiger partial charge in [0.15, 0.2) is 37.7 Å². The van der Waals surface area contributed by atoms with Crippen LogP contribution in [0.25, 0.3) is 0 Å². The summed E-state index contributed by atoms with van der Waals surface area (Å²) in [5.74, 6) is 0. The standard InChI is InChI=1S/C36H62O31/c37-1-7-13(42)15(44)22(51)32(59-7)57-6-12-30(67-33-23(52)16(45)14(43)8(2-38)60-33)20(49)26(55)36(63-12)66-29-11(5-41)62-35(25(54)19(29)48)65-28-10(4-40)61-34(24(53)18(28)47)64-27-9(3-39)58-31(56)21(50)17(27)46/h7-56H,1-6H2/t7-,8-,9-,10-,11-,12-,13+,14-,15+,16+,17-,18-,19-,20-,21+,22-,23-,24+,25-,26+,27-,28-,29-,30-,31?,32+,33+,34+,35+,36+/m1/s1. The zero-order chi connectivity index (χ0) is 49.3. The lowest BCUT2D eigenvalue weighted by atomic mass is 9.95. The van der Waals surface area contributed by atoms with E-state index in [0.29, 0.717) is 0 Å². The molecular weight excluding hydrogens is 928 g/mol. The highest BCUT2D eigenvalue weighted by Gasteiger charge is 2.57. The van der Waals surface area contributed by atoms with E-state index >= 15 is 0 Å². The third-order valence-electron chi connectivity index (χ3n) is 12.4. The highest BCUT2D eigenvalue weighted by atomic mass is 16.8. The van der Waals surface area contributed by atoms with Crippen LogP contribution in [-0.4, -0.2) is 326 Å². The molecule has 0 aromatic carbocycles. The van der Waals surface area contributed by atoms with Crippen molar-refractivity contribution >= 4 is 0 Å². The average molecular weight is 991 g/mol. The Morgan fingerprint density at radius 3 is 0.896 bits per heavy atom. The predicted molar refractivity (Wildman–Crippen MR) is 199 cm³/mol. The van der Waals surface area contributed by atoms with Gasteiger partial charge in [0.1, 0.15) is 146 Å². The van der Waals surface area contributed by atoms with E-state index in [1.807, 2.05) is 0 Å². The topological polar surface area (TPSA) is 506 Å². The Hall–Kier alpha value is -1.24. The second-order valence-electron chi connectivity index (χ2n) is 16.8. The largest absolute Gasteiger partial charge is 0.394 e. The number of aliphatic hydroxyl groups is 20. The third kappa shape index (κ3) is 11.4. The van der Waals surface area contributed by atoms with Crippen molar-refractivity contribution in [3.8, 4) is 0 Å². The maximum atomic E-state index is 11.4. The van der Waals surface area contributed by atoms with Crippen molar-refractivity contribution in [3.05, 3.63) is 0 Å². The minimum Gasteiger partial charge on any atom is -0.394 e. The molecule has 0 aliphatic carbocycles. The van der Waals surface area contributed by atoms with Crippen LogP contribution in [0.1, 0.15) is 0 Å². The van der Waals surface area contributed by atoms with E-state index in [-0.39, 0.29) is 0 Å². The molecule has 6 heterocycles. The van der Waals surface area contributed by atoms with Gasteiger partial charge in [0, 0.05) is 0 Å². The SMILES string of the molecule is OC[C@H]1O[C@H](OC[C@H]2O[C@@H](O[C@H]3[C@H](O)[C@@H](O)[C@H](O[C@H]4[C@H](O)[C@H](O)[C@H](O[C@H]5[C@H](O)[C@H](O)C(O)O[C@@H]5CO)O[C@@H]4CO)O[C@@H]3CO)[C@@H](O)[C@@H](O)[C@@H]2O[C@@H]2O[C@H](CO)[C@@H](O)[C@H](O)[C@H]2O)[C@H](O)[C@@H](O)[C@H]1O. The number of rotatable bonds is 16. The minimum absolute atomic E-state index is 0.855. The van der Waals surface area contributed by atoms with Gasteiger partial charge < -0.3 is 154 Å². The lowest BCUT2D eigenvalue weighted by molar-refractivity contribution is -0.395. The highest BCUT2D eigenvalue weighted by molar-refractivity contribution is 4.99. The van der Waals surface area contributed by atoms with Gasteiger partial charge >= 0.3 is 0 Å². The first-order valence-corrected chi connectivity index (χ1v) is 21.1. The molecule has 20 N–H and O–H groups in total. The van der Waals surface area contributed by atoms with Crippen LogP contribution in [0.5, 0.6) is 0 Å². The summed E-state index contributed by atoms with van der Waals surface area (Å²) in [5.41, 5.74) is 0. The van der Waals surface area contributed by atoms with Crippen LogP contribution in [0, 0.1) is 0 Å². The lowest BCUT2D eigenvalue weighted by Gasteiger charge is -2.49. The van der Waals surface area contributed by atoms with Crippen molar-refractivity contribution in [2.75, 3.05) is 39.6 Å². The molecule has 6 rings (SSSR count). The molecule has 6 aliphatic rings. The quantitative estimate of drug-likeness (QED) is 0.0683. The van der Waals surface area contributed by atoms with Gasteiger partial charge in [-0.3, -0.25) is 0 Å². The molecule has 6 saturated heterocycles. The van der Waals surface area contributed by atoms with Crippen molar-refractivity contribution in [2.24, 2.45) is 0 Å². The molecule has 31 heteroatoms. The van der Waals surface area contributed by atoms with E-state index in [9.17, 15) is 102 Å². The number of hydrogen-bond donors (Lipinski definition) is 20. The summed E-state index contributed by atoms with van der Waals surface area (Å²) in [4.78, 5) is 0. The van der Waals surface area contributed by atoms with Crippen LogP contribution in [0.15, 0.2) is 0 Å². The summed E-state index contributed by atoms with van der Waals surface area (Å²) in [5, 5.41) is 209. The van der Waals surface area contributed by atoms with Gasteiger partial charge in [-0.05, 0) is 0 Å². The van der Waals surface area contributed by atoms with Crippen molar-refractivity contribution in [3.63, 3.8) is 0 Å². The summed E-state index contributed by atoms with van der Waals surface area (Å²) in [6, 6.07) is 0. The number of aliphatic hydroxyl groups excluding tert-OH is 20. The van der Waals surface area contributed by atoms with Gasteiger partial charge in [-0.1, -0.05) is 0 Å². The monoisotopic (exact) mass is 990 g/mol. The molecule has 31 nitrogen and oxygen atoms in total. The molecule has 0 aromatic rings. The second kappa shape index (κ2) is 23.5. The van der Waals surface area contributed by atoms with Crippen molar-refractivity contribution < 1.29 is 154 Å². The van der Waals surface area contributed by atoms with Gasteiger partial charge in [-0.15, -0.1) is 0 Å². The first-order chi connectivity index (χ1) is 31.7. The Kier molecular flexibility index (Phi) is 19.4. The van der Waals surface area contributed by atoms with Crippen molar-refractivity contribution in [1.82, 2.24) is 0 Å². The molecule has 392 valence electrons. The molecule has 67 heavy (non-hydrogen) atoms. The maximum Gasteiger partial charge on any atom is 0.187 e. The van der Waals surface area contributed by atoms with Crippen LogP contribution in [0.2, 0.25) is 0 Å². The average Bonchev–Trinajstić information content (AvgIpc) is 3.32. The fraction of sp³-hybridized carbons (Fsp3) is 1.00.